The summed E-state index contributed by atoms with van der Waals surface area (Å²) in [5.74, 6) is -6.69. The number of rotatable bonds is 22. The van der Waals surface area contributed by atoms with Gasteiger partial charge in [-0.2, -0.15) is 0 Å². The number of alkyl carbamates (subject to hydrolysis) is 1. The smallest absolute Gasteiger partial charge is 0.407 e. The van der Waals surface area contributed by atoms with Crippen LogP contribution in [0.5, 0.6) is 5.75 Å². The number of aromatic amines is 1. The van der Waals surface area contributed by atoms with Crippen molar-refractivity contribution in [2.24, 2.45) is 0 Å². The summed E-state index contributed by atoms with van der Waals surface area (Å²) in [7, 11) is 1.26. The monoisotopic (exact) mass is 1110 g/mol. The lowest BCUT2D eigenvalue weighted by Crippen LogP contribution is -2.63. The van der Waals surface area contributed by atoms with Crippen LogP contribution in [0.3, 0.4) is 0 Å². The largest absolute Gasteiger partial charge is 0.508 e. The lowest BCUT2D eigenvalue weighted by atomic mass is 9.99. The summed E-state index contributed by atoms with van der Waals surface area (Å²) < 4.78 is 5.24. The first-order valence-electron chi connectivity index (χ1n) is 27.1. The number of aliphatic hydroxyl groups excluding tert-OH is 1. The Bertz CT molecular complexity index is 2730. The van der Waals surface area contributed by atoms with E-state index in [1.165, 1.54) is 38.2 Å². The molecule has 0 saturated carbocycles. The highest BCUT2D eigenvalue weighted by atomic mass is 16.6. The van der Waals surface area contributed by atoms with Gasteiger partial charge in [0.15, 0.2) is 0 Å². The van der Waals surface area contributed by atoms with Crippen LogP contribution in [0.1, 0.15) is 102 Å². The normalized spacial score (nSPS) is 20.2. The number of hydrogen-bond donors (Lipinski definition) is 12. The molecule has 1 aliphatic rings. The van der Waals surface area contributed by atoms with Crippen molar-refractivity contribution in [1.82, 2.24) is 52.4 Å². The zero-order valence-corrected chi connectivity index (χ0v) is 46.1. The van der Waals surface area contributed by atoms with Gasteiger partial charge in [0.1, 0.15) is 47.6 Å². The summed E-state index contributed by atoms with van der Waals surface area (Å²) in [5.41, 5.74) is 1.79. The summed E-state index contributed by atoms with van der Waals surface area (Å²) in [6.07, 6.45) is 1.73. The number of aliphatic carboxylic acids is 1. The third-order valence-electron chi connectivity index (χ3n) is 13.3. The number of H-pyrrole nitrogens is 1. The average Bonchev–Trinajstić information content (AvgIpc) is 3.83. The summed E-state index contributed by atoms with van der Waals surface area (Å²) in [5, 5.41) is 53.4. The van der Waals surface area contributed by atoms with E-state index in [-0.39, 0.29) is 44.4 Å². The Hall–Kier alpha value is -8.21. The SMILES string of the molecule is C[C@@H](O)[C@@H]1NC(=O)[C@H](CCCCNC(=O)NCCCCCCNC(=O)OC(C)(C)C)NC(=O)[C@@H](Cc2c[nH]c3ccccc23)NC(=O)[C@H](Cc2ccc(O)cc2)NC(=O)[C@H](CCC(=O)O)N(C)C(=O)[C@H](Cc2ccccc2)NC1=O. The van der Waals surface area contributed by atoms with Crippen LogP contribution in [-0.2, 0) is 57.6 Å². The van der Waals surface area contributed by atoms with Gasteiger partial charge >= 0.3 is 18.1 Å². The number of phenolic OH excluding ortho intramolecular Hbond substituents is 1. The minimum Gasteiger partial charge on any atom is -0.508 e. The fraction of sp³-hybridized carbons (Fsp3) is 0.491. The van der Waals surface area contributed by atoms with Crippen molar-refractivity contribution < 1.29 is 63.2 Å². The second-order valence-electron chi connectivity index (χ2n) is 21.0. The number of nitrogens with zero attached hydrogens (tertiary/aromatic N) is 1. The quantitative estimate of drug-likeness (QED) is 0.0505. The van der Waals surface area contributed by atoms with E-state index in [9.17, 15) is 58.5 Å². The second kappa shape index (κ2) is 30.8. The molecule has 12 N–H and O–H groups in total. The Morgan fingerprint density at radius 3 is 1.80 bits per heavy atom. The molecule has 1 aromatic heterocycles. The molecule has 3 aromatic carbocycles. The fourth-order valence-corrected chi connectivity index (χ4v) is 9.07. The van der Waals surface area contributed by atoms with E-state index < -0.39 is 114 Å². The molecule has 1 saturated heterocycles. The molecule has 80 heavy (non-hydrogen) atoms. The number of carbonyl (C=O) groups excluding carboxylic acids is 8. The van der Waals surface area contributed by atoms with Crippen molar-refractivity contribution >= 4 is 64.4 Å². The van der Waals surface area contributed by atoms with Crippen LogP contribution in [-0.4, -0.2) is 153 Å². The van der Waals surface area contributed by atoms with Gasteiger partial charge < -0.3 is 72.5 Å². The Morgan fingerprint density at radius 1 is 0.625 bits per heavy atom. The molecule has 0 aliphatic carbocycles. The van der Waals surface area contributed by atoms with E-state index in [1.807, 2.05) is 18.2 Å². The molecule has 0 bridgehead atoms. The van der Waals surface area contributed by atoms with Crippen LogP contribution in [0, 0.1) is 0 Å². The topological polar surface area (TPSA) is 339 Å². The molecule has 7 atom stereocenters. The van der Waals surface area contributed by atoms with E-state index in [1.54, 1.807) is 63.4 Å². The minimum atomic E-state index is -1.70. The number of benzene rings is 3. The van der Waals surface area contributed by atoms with Crippen molar-refractivity contribution in [2.75, 3.05) is 26.7 Å². The highest BCUT2D eigenvalue weighted by Crippen LogP contribution is 2.21. The van der Waals surface area contributed by atoms with E-state index in [2.05, 4.69) is 47.5 Å². The zero-order valence-electron chi connectivity index (χ0n) is 46.1. The molecule has 23 nitrogen and oxygen atoms in total. The number of carboxylic acid groups (broad SMARTS) is 1. The number of carboxylic acids is 1. The summed E-state index contributed by atoms with van der Waals surface area (Å²) in [6.45, 7) is 7.67. The maximum absolute atomic E-state index is 14.8. The first-order valence-corrected chi connectivity index (χ1v) is 27.1. The molecule has 0 radical (unpaired) electrons. The Balaban J connectivity index is 1.42. The average molecular weight is 1110 g/mol. The van der Waals surface area contributed by atoms with Gasteiger partial charge in [-0.3, -0.25) is 33.6 Å². The number of nitrogens with one attached hydrogen (secondary N) is 9. The highest BCUT2D eigenvalue weighted by molar-refractivity contribution is 5.99. The van der Waals surface area contributed by atoms with Crippen molar-refractivity contribution in [3.05, 3.63) is 102 Å². The van der Waals surface area contributed by atoms with Crippen molar-refractivity contribution in [1.29, 1.82) is 0 Å². The van der Waals surface area contributed by atoms with Crippen molar-refractivity contribution in [2.45, 2.75) is 153 Å². The zero-order chi connectivity index (χ0) is 58.4. The molecule has 2 heterocycles. The van der Waals surface area contributed by atoms with E-state index >= 15 is 0 Å². The van der Waals surface area contributed by atoms with E-state index in [0.29, 0.717) is 42.6 Å². The van der Waals surface area contributed by atoms with Crippen molar-refractivity contribution in [3.63, 3.8) is 0 Å². The number of amides is 9. The van der Waals surface area contributed by atoms with Gasteiger partial charge in [0, 0.05) is 69.5 Å². The Morgan fingerprint density at radius 2 is 1.16 bits per heavy atom. The number of aliphatic hydroxyl groups is 1. The van der Waals surface area contributed by atoms with Crippen molar-refractivity contribution in [3.8, 4) is 5.75 Å². The van der Waals surface area contributed by atoms with Gasteiger partial charge in [-0.25, -0.2) is 9.59 Å². The molecule has 1 aliphatic heterocycles. The van der Waals surface area contributed by atoms with Gasteiger partial charge in [-0.15, -0.1) is 0 Å². The lowest BCUT2D eigenvalue weighted by Gasteiger charge is -2.33. The molecule has 4 aromatic rings. The number of phenols is 1. The van der Waals surface area contributed by atoms with Gasteiger partial charge in [0.05, 0.1) is 6.10 Å². The predicted molar refractivity (Wildman–Crippen MR) is 297 cm³/mol. The third kappa shape index (κ3) is 20.5. The number of likely N-dealkylation sites (N-methyl/N-ethyl adjacent to an activating group) is 1. The van der Waals surface area contributed by atoms with Crippen LogP contribution in [0.25, 0.3) is 10.9 Å². The number of unbranched alkanes of at least 4 members (excludes halogenated alkanes) is 4. The van der Waals surface area contributed by atoms with Crippen LogP contribution >= 0.6 is 0 Å². The van der Waals surface area contributed by atoms with Crippen LogP contribution < -0.4 is 42.5 Å². The maximum atomic E-state index is 14.8. The number of fused-ring (bicyclic) bond motifs is 1. The number of carbonyl (C=O) groups is 9. The summed E-state index contributed by atoms with van der Waals surface area (Å²) >= 11 is 0. The molecule has 0 spiro atoms. The lowest BCUT2D eigenvalue weighted by molar-refractivity contribution is -0.145. The standard InChI is InChI=1S/C57H78N10O13/c1-35(68)48-53(76)65-45(32-36-17-9-8-10-18-36)54(77)67(5)46(26-27-47(70)71)52(75)64-43(31-37-22-24-39(69)25-23-37)50(73)63-44(33-38-34-61-41-20-12-11-19-40(38)41)51(74)62-42(49(72)66-48)21-13-16-29-59-55(78)58-28-14-6-7-15-30-60-56(79)80-57(2,3)4/h8-12,17-20,22-25,34-35,42-46,48,61,68-69H,6-7,13-16,21,26-33H2,1-5H3,(H,60,79)(H,62,74)(H,63,73)(H,64,75)(H,65,76)(H,66,72)(H,70,71)(H2,58,59,78)/t35-,42+,43+,44-,45+,46+,48+/m1/s1. The molecule has 5 rings (SSSR count). The van der Waals surface area contributed by atoms with Gasteiger partial charge in [0.25, 0.3) is 0 Å². The first-order chi connectivity index (χ1) is 38.1. The first kappa shape index (κ1) is 62.6. The van der Waals surface area contributed by atoms with Gasteiger partial charge in [-0.05, 0) is 101 Å². The Labute approximate surface area is 465 Å². The van der Waals surface area contributed by atoms with Gasteiger partial charge in [-0.1, -0.05) is 73.5 Å². The number of hydrogen-bond acceptors (Lipinski definition) is 12. The fourth-order valence-electron chi connectivity index (χ4n) is 9.07. The van der Waals surface area contributed by atoms with Crippen LogP contribution in [0.2, 0.25) is 0 Å². The molecular weight excluding hydrogens is 1030 g/mol. The van der Waals surface area contributed by atoms with Crippen LogP contribution in [0.15, 0.2) is 85.1 Å². The van der Waals surface area contributed by atoms with E-state index in [4.69, 9.17) is 4.74 Å². The third-order valence-corrected chi connectivity index (χ3v) is 13.3. The molecule has 0 unspecified atom stereocenters. The number of ether oxygens (including phenoxy) is 1. The Kier molecular flexibility index (Phi) is 24.1. The molecule has 434 valence electrons. The number of aromatic hydroxyl groups is 1. The number of para-hydroxylation sites is 1. The number of aromatic nitrogens is 1. The minimum absolute atomic E-state index is 0.0528. The molecule has 9 amide bonds. The van der Waals surface area contributed by atoms with Gasteiger partial charge in [0.2, 0.25) is 35.4 Å². The van der Waals surface area contributed by atoms with Crippen LogP contribution in [0.4, 0.5) is 9.59 Å². The van der Waals surface area contributed by atoms with E-state index in [0.717, 1.165) is 35.1 Å². The molecule has 23 heteroatoms. The number of urea groups is 1. The maximum Gasteiger partial charge on any atom is 0.407 e. The summed E-state index contributed by atoms with van der Waals surface area (Å²) in [4.78, 5) is 128. The summed E-state index contributed by atoms with van der Waals surface area (Å²) in [6, 6.07) is 12.2. The second-order valence-corrected chi connectivity index (χ2v) is 21.0. The molecular formula is C57H78N10O13. The predicted octanol–water partition coefficient (Wildman–Crippen LogP) is 2.97. The highest BCUT2D eigenvalue weighted by Gasteiger charge is 2.39. The molecule has 1 fully saturated rings.